The SMILES string of the molecule is C[Si](Cl)(CCCl)CCc1ccccc1. The van der Waals surface area contributed by atoms with E-state index in [0.717, 1.165) is 18.5 Å². The van der Waals surface area contributed by atoms with Crippen LogP contribution in [0, 0.1) is 0 Å². The van der Waals surface area contributed by atoms with Crippen LogP contribution < -0.4 is 0 Å². The van der Waals surface area contributed by atoms with Crippen molar-refractivity contribution in [2.45, 2.75) is 25.1 Å². The zero-order valence-electron chi connectivity index (χ0n) is 8.47. The highest BCUT2D eigenvalue weighted by atomic mass is 35.6. The summed E-state index contributed by atoms with van der Waals surface area (Å²) in [6.45, 7) is 2.19. The molecule has 14 heavy (non-hydrogen) atoms. The van der Waals surface area contributed by atoms with Crippen molar-refractivity contribution in [2.24, 2.45) is 0 Å². The van der Waals surface area contributed by atoms with Crippen molar-refractivity contribution in [3.63, 3.8) is 0 Å². The molecule has 0 nitrogen and oxygen atoms in total. The molecule has 0 aliphatic heterocycles. The van der Waals surface area contributed by atoms with E-state index in [1.165, 1.54) is 5.56 Å². The summed E-state index contributed by atoms with van der Waals surface area (Å²) >= 11 is 12.2. The van der Waals surface area contributed by atoms with Gasteiger partial charge in [0.2, 0.25) is 0 Å². The Bertz CT molecular complexity index is 259. The van der Waals surface area contributed by atoms with Gasteiger partial charge in [0.1, 0.15) is 0 Å². The summed E-state index contributed by atoms with van der Waals surface area (Å²) in [6, 6.07) is 12.6. The first-order valence-electron chi connectivity index (χ1n) is 4.93. The summed E-state index contributed by atoms with van der Waals surface area (Å²) in [7, 11) is -1.55. The fraction of sp³-hybridized carbons (Fsp3) is 0.455. The number of aryl methyl sites for hydroxylation is 1. The smallest absolute Gasteiger partial charge is 0.155 e. The Morgan fingerprint density at radius 1 is 1.14 bits per heavy atom. The maximum Gasteiger partial charge on any atom is 0.155 e. The first-order chi connectivity index (χ1) is 6.64. The fourth-order valence-electron chi connectivity index (χ4n) is 1.37. The molecule has 0 aromatic heterocycles. The lowest BCUT2D eigenvalue weighted by Crippen LogP contribution is -2.23. The summed E-state index contributed by atoms with van der Waals surface area (Å²) in [5, 5.41) is 0. The van der Waals surface area contributed by atoms with Crippen molar-refractivity contribution in [3.8, 4) is 0 Å². The highest BCUT2D eigenvalue weighted by molar-refractivity contribution is 7.19. The Labute approximate surface area is 96.9 Å². The molecule has 1 aromatic rings. The third kappa shape index (κ3) is 4.49. The normalized spacial score (nSPS) is 15.1. The minimum atomic E-state index is -1.55. The van der Waals surface area contributed by atoms with Crippen LogP contribution in [0.5, 0.6) is 0 Å². The van der Waals surface area contributed by atoms with Gasteiger partial charge < -0.3 is 0 Å². The van der Waals surface area contributed by atoms with Crippen LogP contribution in [0.25, 0.3) is 0 Å². The van der Waals surface area contributed by atoms with Gasteiger partial charge in [-0.15, -0.1) is 11.6 Å². The summed E-state index contributed by atoms with van der Waals surface area (Å²) in [5.41, 5.74) is 1.38. The molecule has 0 saturated heterocycles. The molecule has 0 heterocycles. The van der Waals surface area contributed by atoms with Crippen LogP contribution in [0.15, 0.2) is 30.3 Å². The van der Waals surface area contributed by atoms with Crippen molar-refractivity contribution in [3.05, 3.63) is 35.9 Å². The number of benzene rings is 1. The molecule has 0 bridgehead atoms. The monoisotopic (exact) mass is 246 g/mol. The Hall–Kier alpha value is 0.0169. The first-order valence-corrected chi connectivity index (χ1v) is 9.39. The molecular weight excluding hydrogens is 231 g/mol. The van der Waals surface area contributed by atoms with E-state index in [1.54, 1.807) is 0 Å². The topological polar surface area (TPSA) is 0 Å². The average molecular weight is 247 g/mol. The zero-order chi connectivity index (χ0) is 10.4. The molecule has 1 unspecified atom stereocenters. The van der Waals surface area contributed by atoms with Crippen LogP contribution in [-0.4, -0.2) is 13.3 Å². The number of hydrogen-bond donors (Lipinski definition) is 0. The number of hydrogen-bond acceptors (Lipinski definition) is 0. The average Bonchev–Trinajstić information content (AvgIpc) is 2.17. The van der Waals surface area contributed by atoms with Gasteiger partial charge in [0.25, 0.3) is 0 Å². The Morgan fingerprint density at radius 3 is 2.36 bits per heavy atom. The highest BCUT2D eigenvalue weighted by Crippen LogP contribution is 2.23. The van der Waals surface area contributed by atoms with E-state index in [-0.39, 0.29) is 0 Å². The molecule has 0 saturated carbocycles. The van der Waals surface area contributed by atoms with E-state index in [9.17, 15) is 0 Å². The minimum Gasteiger partial charge on any atom is -0.167 e. The summed E-state index contributed by atoms with van der Waals surface area (Å²) < 4.78 is 0. The van der Waals surface area contributed by atoms with Gasteiger partial charge >= 0.3 is 0 Å². The van der Waals surface area contributed by atoms with Gasteiger partial charge in [-0.2, -0.15) is 11.1 Å². The molecular formula is C11H16Cl2Si. The molecule has 78 valence electrons. The van der Waals surface area contributed by atoms with Crippen LogP contribution in [-0.2, 0) is 6.42 Å². The van der Waals surface area contributed by atoms with Gasteiger partial charge in [0.15, 0.2) is 7.38 Å². The molecule has 0 fully saturated rings. The first kappa shape index (κ1) is 12.1. The van der Waals surface area contributed by atoms with E-state index >= 15 is 0 Å². The van der Waals surface area contributed by atoms with Gasteiger partial charge in [0, 0.05) is 5.88 Å². The highest BCUT2D eigenvalue weighted by Gasteiger charge is 2.22. The second-order valence-electron chi connectivity index (χ2n) is 3.84. The van der Waals surface area contributed by atoms with Crippen molar-refractivity contribution >= 4 is 30.1 Å². The quantitative estimate of drug-likeness (QED) is 0.414. The molecule has 0 aliphatic carbocycles. The van der Waals surface area contributed by atoms with Crippen LogP contribution in [0.1, 0.15) is 5.56 Å². The Morgan fingerprint density at radius 2 is 1.79 bits per heavy atom. The molecule has 1 rings (SSSR count). The lowest BCUT2D eigenvalue weighted by atomic mass is 10.2. The van der Waals surface area contributed by atoms with Gasteiger partial charge in [-0.3, -0.25) is 0 Å². The second kappa shape index (κ2) is 5.79. The molecule has 0 radical (unpaired) electrons. The molecule has 0 amide bonds. The van der Waals surface area contributed by atoms with Gasteiger partial charge in [-0.25, -0.2) is 0 Å². The van der Waals surface area contributed by atoms with Crippen molar-refractivity contribution in [1.29, 1.82) is 0 Å². The predicted octanol–water partition coefficient (Wildman–Crippen LogP) is 4.28. The Balaban J connectivity index is 2.40. The maximum atomic E-state index is 6.44. The zero-order valence-corrected chi connectivity index (χ0v) is 11.0. The number of alkyl halides is 1. The standard InChI is InChI=1S/C11H16Cl2Si/c1-14(13,10-8-12)9-7-11-5-3-2-4-6-11/h2-6H,7-10H2,1H3. The van der Waals surface area contributed by atoms with E-state index in [2.05, 4.69) is 30.8 Å². The van der Waals surface area contributed by atoms with E-state index in [0.29, 0.717) is 5.88 Å². The molecule has 3 heteroatoms. The van der Waals surface area contributed by atoms with Crippen LogP contribution in [0.2, 0.25) is 18.6 Å². The third-order valence-corrected chi connectivity index (χ3v) is 6.62. The third-order valence-electron chi connectivity index (χ3n) is 2.39. The van der Waals surface area contributed by atoms with Gasteiger partial charge in [-0.05, 0) is 24.1 Å². The fourth-order valence-corrected chi connectivity index (χ4v) is 4.93. The van der Waals surface area contributed by atoms with Crippen molar-refractivity contribution < 1.29 is 0 Å². The summed E-state index contributed by atoms with van der Waals surface area (Å²) in [6.07, 6.45) is 1.09. The number of rotatable bonds is 5. The van der Waals surface area contributed by atoms with Crippen molar-refractivity contribution in [1.82, 2.24) is 0 Å². The maximum absolute atomic E-state index is 6.44. The molecule has 0 aliphatic rings. The molecule has 0 spiro atoms. The predicted molar refractivity (Wildman–Crippen MR) is 68.0 cm³/mol. The lowest BCUT2D eigenvalue weighted by molar-refractivity contribution is 1.09. The van der Waals surface area contributed by atoms with Crippen molar-refractivity contribution in [2.75, 3.05) is 5.88 Å². The molecule has 1 aromatic carbocycles. The van der Waals surface area contributed by atoms with Gasteiger partial charge in [-0.1, -0.05) is 36.9 Å². The van der Waals surface area contributed by atoms with E-state index in [4.69, 9.17) is 22.7 Å². The summed E-state index contributed by atoms with van der Waals surface area (Å²) in [5.74, 6) is 0.695. The lowest BCUT2D eigenvalue weighted by Gasteiger charge is -2.17. The van der Waals surface area contributed by atoms with E-state index < -0.39 is 7.38 Å². The van der Waals surface area contributed by atoms with E-state index in [1.807, 2.05) is 6.07 Å². The molecule has 1 atom stereocenters. The van der Waals surface area contributed by atoms with Crippen LogP contribution in [0.3, 0.4) is 0 Å². The molecule has 0 N–H and O–H groups in total. The minimum absolute atomic E-state index is 0.695. The van der Waals surface area contributed by atoms with Gasteiger partial charge in [0.05, 0.1) is 0 Å². The van der Waals surface area contributed by atoms with Crippen LogP contribution in [0.4, 0.5) is 0 Å². The summed E-state index contributed by atoms with van der Waals surface area (Å²) in [4.78, 5) is 0. The second-order valence-corrected chi connectivity index (χ2v) is 10.8. The largest absolute Gasteiger partial charge is 0.167 e. The Kier molecular flexibility index (Phi) is 5.00. The number of halogens is 2. The van der Waals surface area contributed by atoms with Crippen LogP contribution >= 0.6 is 22.7 Å².